The number of hydrogen-bond acceptors (Lipinski definition) is 1. The number of hydrogen-bond donors (Lipinski definition) is 1. The minimum absolute atomic E-state index is 0.178. The van der Waals surface area contributed by atoms with Gasteiger partial charge in [-0.3, -0.25) is 0 Å². The fourth-order valence-corrected chi connectivity index (χ4v) is 2.56. The molecule has 0 aliphatic carbocycles. The third kappa shape index (κ3) is 2.61. The van der Waals surface area contributed by atoms with Gasteiger partial charge in [-0.15, -0.1) is 0 Å². The van der Waals surface area contributed by atoms with E-state index in [1.165, 1.54) is 31.2 Å². The molecule has 1 aromatic rings. The molecule has 1 aromatic carbocycles. The predicted octanol–water partition coefficient (Wildman–Crippen LogP) is 3.83. The second-order valence-electron chi connectivity index (χ2n) is 4.58. The molecule has 1 heterocycles. The molecule has 1 N–H and O–H groups in total. The first-order valence-electron chi connectivity index (χ1n) is 5.72. The van der Waals surface area contributed by atoms with Crippen molar-refractivity contribution in [1.82, 2.24) is 5.32 Å². The molecule has 1 unspecified atom stereocenters. The molecule has 0 amide bonds. The van der Waals surface area contributed by atoms with Crippen molar-refractivity contribution in [1.29, 1.82) is 0 Å². The number of rotatable bonds is 1. The maximum Gasteiger partial charge on any atom is 0.0406 e. The van der Waals surface area contributed by atoms with Crippen LogP contribution in [0, 0.1) is 0 Å². The third-order valence-electron chi connectivity index (χ3n) is 3.35. The van der Waals surface area contributed by atoms with Gasteiger partial charge in [-0.2, -0.15) is 0 Å². The zero-order valence-electron chi connectivity index (χ0n) is 9.22. The van der Waals surface area contributed by atoms with Gasteiger partial charge < -0.3 is 5.32 Å². The lowest BCUT2D eigenvalue weighted by molar-refractivity contribution is 0.359. The third-order valence-corrected chi connectivity index (χ3v) is 3.88. The summed E-state index contributed by atoms with van der Waals surface area (Å²) in [6.45, 7) is 3.47. The van der Waals surface area contributed by atoms with Gasteiger partial charge in [-0.1, -0.05) is 40.9 Å². The molecular weight excluding hydrogens is 250 g/mol. The zero-order valence-corrected chi connectivity index (χ0v) is 10.8. The summed E-state index contributed by atoms with van der Waals surface area (Å²) in [5, 5.41) is 3.68. The van der Waals surface area contributed by atoms with E-state index in [9.17, 15) is 0 Å². The van der Waals surface area contributed by atoms with Gasteiger partial charge in [0.15, 0.2) is 0 Å². The Morgan fingerprint density at radius 1 is 1.13 bits per heavy atom. The fraction of sp³-hybridized carbons (Fsp3) is 0.538. The summed E-state index contributed by atoms with van der Waals surface area (Å²) >= 11 is 3.48. The average Bonchev–Trinajstić information content (AvgIpc) is 2.45. The molecule has 0 aromatic heterocycles. The minimum atomic E-state index is 0.178. The lowest BCUT2D eigenvalue weighted by Gasteiger charge is -2.30. The van der Waals surface area contributed by atoms with Crippen molar-refractivity contribution in [2.75, 3.05) is 6.54 Å². The molecule has 0 saturated carbocycles. The van der Waals surface area contributed by atoms with Crippen molar-refractivity contribution in [3.8, 4) is 0 Å². The highest BCUT2D eigenvalue weighted by Gasteiger charge is 2.26. The summed E-state index contributed by atoms with van der Waals surface area (Å²) in [4.78, 5) is 0. The summed E-state index contributed by atoms with van der Waals surface area (Å²) in [5.74, 6) is 0. The molecule has 1 fully saturated rings. The van der Waals surface area contributed by atoms with Gasteiger partial charge in [0.1, 0.15) is 0 Å². The van der Waals surface area contributed by atoms with E-state index >= 15 is 0 Å². The SMILES string of the molecule is CC1(c2ccc(Br)cc2)CCCCCN1. The van der Waals surface area contributed by atoms with Crippen molar-refractivity contribution in [2.24, 2.45) is 0 Å². The first-order valence-corrected chi connectivity index (χ1v) is 6.51. The Hall–Kier alpha value is -0.340. The van der Waals surface area contributed by atoms with Gasteiger partial charge in [0.05, 0.1) is 0 Å². The predicted molar refractivity (Wildman–Crippen MR) is 68.0 cm³/mol. The topological polar surface area (TPSA) is 12.0 Å². The minimum Gasteiger partial charge on any atom is -0.308 e. The Morgan fingerprint density at radius 3 is 2.60 bits per heavy atom. The van der Waals surface area contributed by atoms with Crippen LogP contribution >= 0.6 is 15.9 Å². The van der Waals surface area contributed by atoms with Gasteiger partial charge in [0.2, 0.25) is 0 Å². The monoisotopic (exact) mass is 267 g/mol. The molecule has 1 aliphatic heterocycles. The van der Waals surface area contributed by atoms with Gasteiger partial charge in [0.25, 0.3) is 0 Å². The molecule has 0 bridgehead atoms. The molecule has 0 radical (unpaired) electrons. The van der Waals surface area contributed by atoms with E-state index in [0.717, 1.165) is 11.0 Å². The summed E-state index contributed by atoms with van der Waals surface area (Å²) in [5.41, 5.74) is 1.59. The molecule has 2 rings (SSSR count). The van der Waals surface area contributed by atoms with Crippen LogP contribution in [0.15, 0.2) is 28.7 Å². The van der Waals surface area contributed by atoms with E-state index in [0.29, 0.717) is 0 Å². The van der Waals surface area contributed by atoms with Gasteiger partial charge >= 0.3 is 0 Å². The molecule has 15 heavy (non-hydrogen) atoms. The van der Waals surface area contributed by atoms with E-state index in [4.69, 9.17) is 0 Å². The molecule has 1 nitrogen and oxygen atoms in total. The molecule has 1 atom stereocenters. The van der Waals surface area contributed by atoms with Gasteiger partial charge in [0, 0.05) is 10.0 Å². The van der Waals surface area contributed by atoms with E-state index in [1.807, 2.05) is 0 Å². The Morgan fingerprint density at radius 2 is 1.87 bits per heavy atom. The van der Waals surface area contributed by atoms with Crippen LogP contribution in [0.25, 0.3) is 0 Å². The summed E-state index contributed by atoms with van der Waals surface area (Å²) < 4.78 is 1.16. The van der Waals surface area contributed by atoms with Crippen molar-refractivity contribution >= 4 is 15.9 Å². The van der Waals surface area contributed by atoms with Crippen molar-refractivity contribution in [3.05, 3.63) is 34.3 Å². The Balaban J connectivity index is 2.22. The standard InChI is InChI=1S/C13H18BrN/c1-13(9-3-2-4-10-15-13)11-5-7-12(14)8-6-11/h5-8,15H,2-4,9-10H2,1H3. The summed E-state index contributed by atoms with van der Waals surface area (Å²) in [7, 11) is 0. The highest BCUT2D eigenvalue weighted by atomic mass is 79.9. The van der Waals surface area contributed by atoms with Crippen LogP contribution in [0.5, 0.6) is 0 Å². The van der Waals surface area contributed by atoms with Crippen LogP contribution in [-0.2, 0) is 5.54 Å². The molecule has 1 saturated heterocycles. The van der Waals surface area contributed by atoms with Crippen molar-refractivity contribution in [3.63, 3.8) is 0 Å². The molecule has 2 heteroatoms. The second kappa shape index (κ2) is 4.67. The largest absolute Gasteiger partial charge is 0.308 e. The molecule has 0 spiro atoms. The zero-order chi connectivity index (χ0) is 10.7. The Labute approximate surface area is 100 Å². The van der Waals surface area contributed by atoms with E-state index in [-0.39, 0.29) is 5.54 Å². The van der Waals surface area contributed by atoms with Gasteiger partial charge in [-0.25, -0.2) is 0 Å². The first kappa shape index (κ1) is 11.2. The maximum atomic E-state index is 3.68. The van der Waals surface area contributed by atoms with Gasteiger partial charge in [-0.05, 0) is 44.0 Å². The Kier molecular flexibility index (Phi) is 3.47. The second-order valence-corrected chi connectivity index (χ2v) is 5.49. The molecule has 1 aliphatic rings. The highest BCUT2D eigenvalue weighted by Crippen LogP contribution is 2.29. The Bertz CT molecular complexity index is 310. The van der Waals surface area contributed by atoms with Crippen LogP contribution < -0.4 is 5.32 Å². The average molecular weight is 268 g/mol. The molecular formula is C13H18BrN. The summed E-state index contributed by atoms with van der Waals surface area (Å²) in [6, 6.07) is 8.71. The number of halogens is 1. The lowest BCUT2D eigenvalue weighted by atomic mass is 9.88. The smallest absolute Gasteiger partial charge is 0.0406 e. The van der Waals surface area contributed by atoms with Crippen molar-refractivity contribution < 1.29 is 0 Å². The normalized spacial score (nSPS) is 27.3. The molecule has 82 valence electrons. The maximum absolute atomic E-state index is 3.68. The summed E-state index contributed by atoms with van der Waals surface area (Å²) in [6.07, 6.45) is 5.25. The van der Waals surface area contributed by atoms with E-state index < -0.39 is 0 Å². The number of nitrogens with one attached hydrogen (secondary N) is 1. The number of benzene rings is 1. The van der Waals surface area contributed by atoms with Crippen LogP contribution in [0.2, 0.25) is 0 Å². The fourth-order valence-electron chi connectivity index (χ4n) is 2.30. The van der Waals surface area contributed by atoms with Crippen LogP contribution in [0.3, 0.4) is 0 Å². The van der Waals surface area contributed by atoms with Crippen LogP contribution in [0.4, 0.5) is 0 Å². The van der Waals surface area contributed by atoms with E-state index in [2.05, 4.69) is 52.4 Å². The van der Waals surface area contributed by atoms with Crippen LogP contribution in [0.1, 0.15) is 38.2 Å². The lowest BCUT2D eigenvalue weighted by Crippen LogP contribution is -2.38. The van der Waals surface area contributed by atoms with E-state index in [1.54, 1.807) is 0 Å². The van der Waals surface area contributed by atoms with Crippen LogP contribution in [-0.4, -0.2) is 6.54 Å². The first-order chi connectivity index (χ1) is 7.21. The van der Waals surface area contributed by atoms with Crippen molar-refractivity contribution in [2.45, 2.75) is 38.1 Å². The highest BCUT2D eigenvalue weighted by molar-refractivity contribution is 9.10. The quantitative estimate of drug-likeness (QED) is 0.816.